The second-order valence-corrected chi connectivity index (χ2v) is 13.9. The first-order valence-corrected chi connectivity index (χ1v) is 18.3. The van der Waals surface area contributed by atoms with Gasteiger partial charge in [0.05, 0.1) is 55.6 Å². The largest absolute Gasteiger partial charge is 0.309 e. The van der Waals surface area contributed by atoms with Gasteiger partial charge in [0.25, 0.3) is 0 Å². The van der Waals surface area contributed by atoms with Gasteiger partial charge in [-0.15, -0.1) is 0 Å². The van der Waals surface area contributed by atoms with E-state index in [1.807, 2.05) is 48.5 Å². The lowest BCUT2D eigenvalue weighted by Gasteiger charge is -2.19. The Morgan fingerprint density at radius 1 is 0.345 bits per heavy atom. The third-order valence-corrected chi connectivity index (χ3v) is 11.1. The summed E-state index contributed by atoms with van der Waals surface area (Å²) in [4.78, 5) is 0. The van der Waals surface area contributed by atoms with Crippen LogP contribution in [0, 0.1) is 22.7 Å². The van der Waals surface area contributed by atoms with Crippen molar-refractivity contribution in [3.63, 3.8) is 0 Å². The van der Waals surface area contributed by atoms with Crippen molar-refractivity contribution in [1.82, 2.24) is 13.7 Å². The first kappa shape index (κ1) is 30.7. The Kier molecular flexibility index (Phi) is 6.61. The highest BCUT2D eigenvalue weighted by atomic mass is 15.0. The van der Waals surface area contributed by atoms with Crippen molar-refractivity contribution < 1.29 is 0 Å². The molecule has 11 rings (SSSR count). The van der Waals surface area contributed by atoms with Crippen LogP contribution in [-0.2, 0) is 0 Å². The van der Waals surface area contributed by atoms with Crippen molar-refractivity contribution in [1.29, 1.82) is 10.5 Å². The van der Waals surface area contributed by atoms with Crippen LogP contribution in [-0.4, -0.2) is 13.7 Å². The van der Waals surface area contributed by atoms with Crippen molar-refractivity contribution in [3.8, 4) is 40.3 Å². The van der Waals surface area contributed by atoms with E-state index in [1.165, 1.54) is 10.8 Å². The number of nitrogens with zero attached hydrogens (tertiary/aromatic N) is 5. The molecule has 55 heavy (non-hydrogen) atoms. The summed E-state index contributed by atoms with van der Waals surface area (Å²) in [5.41, 5.74) is 12.1. The molecule has 0 spiro atoms. The summed E-state index contributed by atoms with van der Waals surface area (Å²) in [6, 6.07) is 65.9. The minimum Gasteiger partial charge on any atom is -0.309 e. The molecule has 0 aliphatic carbocycles. The molecule has 254 valence electrons. The van der Waals surface area contributed by atoms with Crippen LogP contribution in [0.25, 0.3) is 93.6 Å². The Morgan fingerprint density at radius 2 is 0.818 bits per heavy atom. The molecule has 0 amide bonds. The zero-order chi connectivity index (χ0) is 36.6. The minimum absolute atomic E-state index is 0.571. The molecule has 8 aromatic carbocycles. The highest BCUT2D eigenvalue weighted by molar-refractivity contribution is 6.14. The summed E-state index contributed by atoms with van der Waals surface area (Å²) in [6.45, 7) is 0. The van der Waals surface area contributed by atoms with E-state index in [0.717, 1.165) is 82.8 Å². The Bertz CT molecular complexity index is 3420. The van der Waals surface area contributed by atoms with Crippen LogP contribution in [0.4, 0.5) is 0 Å². The maximum atomic E-state index is 10.8. The van der Waals surface area contributed by atoms with Gasteiger partial charge in [0.1, 0.15) is 12.1 Å². The Balaban J connectivity index is 1.21. The van der Waals surface area contributed by atoms with Gasteiger partial charge < -0.3 is 13.7 Å². The molecule has 3 aromatic heterocycles. The molecule has 0 atom stereocenters. The Morgan fingerprint density at radius 3 is 1.49 bits per heavy atom. The quantitative estimate of drug-likeness (QED) is 0.184. The third-order valence-electron chi connectivity index (χ3n) is 11.1. The van der Waals surface area contributed by atoms with Gasteiger partial charge in [0, 0.05) is 49.1 Å². The summed E-state index contributed by atoms with van der Waals surface area (Å²) in [7, 11) is 0. The second-order valence-electron chi connectivity index (χ2n) is 13.9. The molecular formula is C50H29N5. The average Bonchev–Trinajstić information content (AvgIpc) is 3.89. The van der Waals surface area contributed by atoms with E-state index >= 15 is 0 Å². The summed E-state index contributed by atoms with van der Waals surface area (Å²) in [5.74, 6) is 0. The molecule has 0 aliphatic rings. The van der Waals surface area contributed by atoms with E-state index in [2.05, 4.69) is 153 Å². The predicted octanol–water partition coefficient (Wildman–Crippen LogP) is 12.4. The minimum atomic E-state index is 0.571. The number of hydrogen-bond donors (Lipinski definition) is 0. The van der Waals surface area contributed by atoms with Crippen molar-refractivity contribution in [2.75, 3.05) is 0 Å². The van der Waals surface area contributed by atoms with Gasteiger partial charge in [-0.3, -0.25) is 0 Å². The molecule has 0 N–H and O–H groups in total. The molecule has 0 fully saturated rings. The van der Waals surface area contributed by atoms with E-state index in [4.69, 9.17) is 0 Å². The van der Waals surface area contributed by atoms with E-state index in [0.29, 0.717) is 11.1 Å². The lowest BCUT2D eigenvalue weighted by atomic mass is 9.98. The first-order valence-electron chi connectivity index (χ1n) is 18.3. The lowest BCUT2D eigenvalue weighted by molar-refractivity contribution is 1.15. The smallest absolute Gasteiger partial charge is 0.101 e. The van der Waals surface area contributed by atoms with E-state index < -0.39 is 0 Å². The van der Waals surface area contributed by atoms with Crippen molar-refractivity contribution in [3.05, 3.63) is 187 Å². The fraction of sp³-hybridized carbons (Fsp3) is 0. The molecule has 0 saturated heterocycles. The molecule has 0 unspecified atom stereocenters. The molecule has 3 heterocycles. The molecule has 0 radical (unpaired) electrons. The number of nitriles is 2. The fourth-order valence-electron chi connectivity index (χ4n) is 8.89. The molecule has 0 saturated carbocycles. The van der Waals surface area contributed by atoms with E-state index in [-0.39, 0.29) is 0 Å². The van der Waals surface area contributed by atoms with Gasteiger partial charge in [-0.25, -0.2) is 0 Å². The first-order chi connectivity index (χ1) is 27.2. The molecule has 5 heteroatoms. The van der Waals surface area contributed by atoms with Gasteiger partial charge in [-0.1, -0.05) is 115 Å². The zero-order valence-corrected chi connectivity index (χ0v) is 29.5. The number of hydrogen-bond acceptors (Lipinski definition) is 2. The second kappa shape index (κ2) is 11.8. The van der Waals surface area contributed by atoms with E-state index in [1.54, 1.807) is 0 Å². The maximum absolute atomic E-state index is 10.8. The number of aromatic nitrogens is 3. The van der Waals surface area contributed by atoms with Gasteiger partial charge in [-0.05, 0) is 60.7 Å². The number of benzene rings is 8. The third kappa shape index (κ3) is 4.33. The highest BCUT2D eigenvalue weighted by Gasteiger charge is 2.23. The number of rotatable bonds is 4. The van der Waals surface area contributed by atoms with Crippen LogP contribution in [0.1, 0.15) is 11.1 Å². The lowest BCUT2D eigenvalue weighted by Crippen LogP contribution is -2.04. The average molecular weight is 700 g/mol. The SMILES string of the molecule is N#Cc1cccc(-c2ccccc2-n2c3ccccc3c3cccc(C#N)c32)c1-n1c2ccccc2c2cc(-n3c4ccccc4c4ccccc43)ccc21. The van der Waals surface area contributed by atoms with Gasteiger partial charge in [-0.2, -0.15) is 10.5 Å². The summed E-state index contributed by atoms with van der Waals surface area (Å²) < 4.78 is 6.82. The molecule has 5 nitrogen and oxygen atoms in total. The van der Waals surface area contributed by atoms with E-state index in [9.17, 15) is 10.5 Å². The molecule has 11 aromatic rings. The van der Waals surface area contributed by atoms with Gasteiger partial charge in [0.15, 0.2) is 0 Å². The summed E-state index contributed by atoms with van der Waals surface area (Å²) in [6.07, 6.45) is 0. The monoisotopic (exact) mass is 699 g/mol. The Labute approximate surface area is 316 Å². The van der Waals surface area contributed by atoms with Crippen molar-refractivity contribution in [2.24, 2.45) is 0 Å². The fourth-order valence-corrected chi connectivity index (χ4v) is 8.89. The standard InChI is InChI=1S/C50H29N5/c51-30-32-13-11-20-40-37-17-3-8-24-45(37)54(49(32)40)46-25-9-4-18-38(46)41-21-12-14-33(31-52)50(41)55-47-26-10-5-19-39(47)42-29-34(27-28-48(42)55)53-43-22-6-1-15-35(43)36-16-2-7-23-44(36)53/h1-29H. The van der Waals surface area contributed by atoms with Crippen LogP contribution >= 0.6 is 0 Å². The Hall–Kier alpha value is -7.86. The normalized spacial score (nSPS) is 11.6. The summed E-state index contributed by atoms with van der Waals surface area (Å²) in [5, 5.41) is 27.9. The van der Waals surface area contributed by atoms with Gasteiger partial charge in [0.2, 0.25) is 0 Å². The summed E-state index contributed by atoms with van der Waals surface area (Å²) >= 11 is 0. The number of para-hydroxylation sites is 7. The topological polar surface area (TPSA) is 62.4 Å². The van der Waals surface area contributed by atoms with Crippen LogP contribution in [0.15, 0.2) is 176 Å². The van der Waals surface area contributed by atoms with Crippen LogP contribution < -0.4 is 0 Å². The highest BCUT2D eigenvalue weighted by Crippen LogP contribution is 2.43. The molecule has 0 aliphatic heterocycles. The van der Waals surface area contributed by atoms with Gasteiger partial charge >= 0.3 is 0 Å². The van der Waals surface area contributed by atoms with Crippen LogP contribution in [0.5, 0.6) is 0 Å². The number of fused-ring (bicyclic) bond motifs is 9. The zero-order valence-electron chi connectivity index (χ0n) is 29.5. The van der Waals surface area contributed by atoms with Crippen LogP contribution in [0.3, 0.4) is 0 Å². The van der Waals surface area contributed by atoms with Crippen molar-refractivity contribution in [2.45, 2.75) is 0 Å². The maximum Gasteiger partial charge on any atom is 0.101 e. The van der Waals surface area contributed by atoms with Crippen molar-refractivity contribution >= 4 is 65.4 Å². The predicted molar refractivity (Wildman–Crippen MR) is 224 cm³/mol. The molecular weight excluding hydrogens is 671 g/mol. The molecule has 0 bridgehead atoms. The van der Waals surface area contributed by atoms with Crippen LogP contribution in [0.2, 0.25) is 0 Å².